The highest BCUT2D eigenvalue weighted by Gasteiger charge is 2.35. The molecule has 1 unspecified atom stereocenters. The van der Waals surface area contributed by atoms with Crippen LogP contribution in [0.4, 0.5) is 17.6 Å². The van der Waals surface area contributed by atoms with Gasteiger partial charge in [0.25, 0.3) is 0 Å². The molecule has 1 heterocycles. The van der Waals surface area contributed by atoms with Gasteiger partial charge in [-0.05, 0) is 37.6 Å². The number of rotatable bonds is 1. The molecule has 0 amide bonds. The highest BCUT2D eigenvalue weighted by molar-refractivity contribution is 7.99. The van der Waals surface area contributed by atoms with Crippen LogP contribution in [0.15, 0.2) is 18.2 Å². The quantitative estimate of drug-likeness (QED) is 0.781. The van der Waals surface area contributed by atoms with Crippen LogP contribution in [0, 0.1) is 5.82 Å². The van der Waals surface area contributed by atoms with E-state index in [0.29, 0.717) is 11.6 Å². The second kappa shape index (κ2) is 4.42. The average Bonchev–Trinajstić information content (AvgIpc) is 2.56. The minimum Gasteiger partial charge on any atom is -0.296 e. The Balaban J connectivity index is 2.32. The summed E-state index contributed by atoms with van der Waals surface area (Å²) >= 11 is 1.49. The summed E-state index contributed by atoms with van der Waals surface area (Å²) in [5.41, 5.74) is -0.762. The van der Waals surface area contributed by atoms with Crippen LogP contribution in [0.3, 0.4) is 0 Å². The molecule has 1 nitrogen and oxygen atoms in total. The fourth-order valence-electron chi connectivity index (χ4n) is 1.84. The van der Waals surface area contributed by atoms with Crippen molar-refractivity contribution in [2.75, 3.05) is 5.75 Å². The number of halogens is 4. The van der Waals surface area contributed by atoms with Gasteiger partial charge in [-0.2, -0.15) is 13.2 Å². The van der Waals surface area contributed by atoms with Gasteiger partial charge >= 0.3 is 6.18 Å². The lowest BCUT2D eigenvalue weighted by molar-refractivity contribution is -0.137. The van der Waals surface area contributed by atoms with Crippen molar-refractivity contribution < 1.29 is 17.6 Å². The number of hydrogen-bond donors (Lipinski definition) is 1. The van der Waals surface area contributed by atoms with E-state index in [0.717, 1.165) is 17.9 Å². The molecule has 0 aliphatic carbocycles. The Bertz CT molecular complexity index is 456. The molecular weight excluding hydrogens is 266 g/mol. The lowest BCUT2D eigenvalue weighted by atomic mass is 10.1. The fourth-order valence-corrected chi connectivity index (χ4v) is 3.23. The summed E-state index contributed by atoms with van der Waals surface area (Å²) in [6, 6.07) is 2.69. The smallest absolute Gasteiger partial charge is 0.296 e. The first kappa shape index (κ1) is 13.7. The van der Waals surface area contributed by atoms with Crippen LogP contribution in [-0.4, -0.2) is 11.3 Å². The molecule has 1 saturated heterocycles. The van der Waals surface area contributed by atoms with Crippen molar-refractivity contribution in [2.45, 2.75) is 30.9 Å². The molecule has 0 spiro atoms. The topological polar surface area (TPSA) is 12.0 Å². The maximum atomic E-state index is 13.3. The Morgan fingerprint density at radius 2 is 1.94 bits per heavy atom. The molecule has 1 aromatic carbocycles. The zero-order valence-corrected chi connectivity index (χ0v) is 10.8. The van der Waals surface area contributed by atoms with Crippen LogP contribution in [0.1, 0.15) is 30.3 Å². The summed E-state index contributed by atoms with van der Waals surface area (Å²) in [6.45, 7) is 3.92. The maximum Gasteiger partial charge on any atom is 0.416 e. The number of benzene rings is 1. The molecule has 0 aromatic heterocycles. The van der Waals surface area contributed by atoms with Crippen molar-refractivity contribution in [3.63, 3.8) is 0 Å². The molecule has 18 heavy (non-hydrogen) atoms. The van der Waals surface area contributed by atoms with Gasteiger partial charge < -0.3 is 0 Å². The van der Waals surface area contributed by atoms with E-state index < -0.39 is 17.6 Å². The Kier molecular flexibility index (Phi) is 3.36. The van der Waals surface area contributed by atoms with E-state index >= 15 is 0 Å². The molecule has 6 heteroatoms. The summed E-state index contributed by atoms with van der Waals surface area (Å²) in [6.07, 6.45) is -4.52. The Morgan fingerprint density at radius 3 is 2.44 bits per heavy atom. The van der Waals surface area contributed by atoms with Crippen molar-refractivity contribution in [3.8, 4) is 0 Å². The molecule has 2 rings (SSSR count). The van der Waals surface area contributed by atoms with Crippen molar-refractivity contribution in [1.82, 2.24) is 5.32 Å². The molecule has 1 fully saturated rings. The van der Waals surface area contributed by atoms with Crippen molar-refractivity contribution >= 4 is 11.8 Å². The second-order valence-corrected chi connectivity index (χ2v) is 6.08. The maximum absolute atomic E-state index is 13.3. The van der Waals surface area contributed by atoms with Gasteiger partial charge in [0.15, 0.2) is 0 Å². The third-order valence-electron chi connectivity index (χ3n) is 2.68. The van der Waals surface area contributed by atoms with Gasteiger partial charge in [-0.25, -0.2) is 4.39 Å². The largest absolute Gasteiger partial charge is 0.416 e. The van der Waals surface area contributed by atoms with Crippen molar-refractivity contribution in [1.29, 1.82) is 0 Å². The first-order chi connectivity index (χ1) is 8.17. The monoisotopic (exact) mass is 279 g/mol. The van der Waals surface area contributed by atoms with Gasteiger partial charge in [-0.1, -0.05) is 0 Å². The Morgan fingerprint density at radius 1 is 1.28 bits per heavy atom. The summed E-state index contributed by atoms with van der Waals surface area (Å²) < 4.78 is 51.0. The molecule has 0 bridgehead atoms. The third kappa shape index (κ3) is 2.98. The summed E-state index contributed by atoms with van der Waals surface area (Å²) in [5.74, 6) is -0.0813. The highest BCUT2D eigenvalue weighted by Crippen LogP contribution is 2.39. The van der Waals surface area contributed by atoms with Crippen LogP contribution < -0.4 is 5.32 Å². The normalized spacial score (nSPS) is 23.3. The molecule has 1 aromatic rings. The molecule has 0 radical (unpaired) electrons. The standard InChI is InChI=1S/C12H13F4NS/c1-11(2)6-18-10(17-11)7-3-8(12(14,15)16)5-9(13)4-7/h3-5,10,17H,6H2,1-2H3. The van der Waals surface area contributed by atoms with E-state index in [1.54, 1.807) is 0 Å². The second-order valence-electron chi connectivity index (χ2n) is 4.99. The minimum atomic E-state index is -4.52. The van der Waals surface area contributed by atoms with Crippen LogP contribution >= 0.6 is 11.8 Å². The van der Waals surface area contributed by atoms with E-state index in [2.05, 4.69) is 5.32 Å². The summed E-state index contributed by atoms with van der Waals surface area (Å²) in [7, 11) is 0. The van der Waals surface area contributed by atoms with Gasteiger partial charge in [-0.3, -0.25) is 5.32 Å². The van der Waals surface area contributed by atoms with E-state index in [9.17, 15) is 17.6 Å². The molecule has 0 saturated carbocycles. The first-order valence-electron chi connectivity index (χ1n) is 5.44. The van der Waals surface area contributed by atoms with E-state index in [4.69, 9.17) is 0 Å². The van der Waals surface area contributed by atoms with Crippen molar-refractivity contribution in [3.05, 3.63) is 35.1 Å². The Labute approximate surface area is 107 Å². The fraction of sp³-hybridized carbons (Fsp3) is 0.500. The predicted octanol–water partition coefficient (Wildman–Crippen LogP) is 3.96. The molecule has 1 N–H and O–H groups in total. The zero-order chi connectivity index (χ0) is 13.6. The SMILES string of the molecule is CC1(C)CSC(c2cc(F)cc(C(F)(F)F)c2)N1. The summed E-state index contributed by atoms with van der Waals surface area (Å²) in [5, 5.41) is 2.89. The van der Waals surface area contributed by atoms with Crippen LogP contribution in [-0.2, 0) is 6.18 Å². The number of hydrogen-bond acceptors (Lipinski definition) is 2. The number of thioether (sulfide) groups is 1. The molecule has 1 aliphatic rings. The van der Waals surface area contributed by atoms with E-state index in [1.807, 2.05) is 13.8 Å². The van der Waals surface area contributed by atoms with E-state index in [1.165, 1.54) is 11.8 Å². The molecule has 100 valence electrons. The minimum absolute atomic E-state index is 0.153. The molecule has 1 atom stereocenters. The van der Waals surface area contributed by atoms with E-state index in [-0.39, 0.29) is 10.9 Å². The molecule has 1 aliphatic heterocycles. The van der Waals surface area contributed by atoms with Crippen LogP contribution in [0.5, 0.6) is 0 Å². The first-order valence-corrected chi connectivity index (χ1v) is 6.49. The number of alkyl halides is 3. The van der Waals surface area contributed by atoms with Gasteiger partial charge in [0.05, 0.1) is 10.9 Å². The van der Waals surface area contributed by atoms with Crippen molar-refractivity contribution in [2.24, 2.45) is 0 Å². The zero-order valence-electron chi connectivity index (χ0n) is 9.94. The van der Waals surface area contributed by atoms with Crippen LogP contribution in [0.25, 0.3) is 0 Å². The van der Waals surface area contributed by atoms with Gasteiger partial charge in [-0.15, -0.1) is 11.8 Å². The lowest BCUT2D eigenvalue weighted by Crippen LogP contribution is -2.35. The number of nitrogens with one attached hydrogen (secondary N) is 1. The molecular formula is C12H13F4NS. The lowest BCUT2D eigenvalue weighted by Gasteiger charge is -2.19. The highest BCUT2D eigenvalue weighted by atomic mass is 32.2. The summed E-state index contributed by atoms with van der Waals surface area (Å²) in [4.78, 5) is 0. The third-order valence-corrected chi connectivity index (χ3v) is 4.29. The van der Waals surface area contributed by atoms with Crippen LogP contribution in [0.2, 0.25) is 0 Å². The van der Waals surface area contributed by atoms with Gasteiger partial charge in [0.1, 0.15) is 5.82 Å². The Hall–Kier alpha value is -0.750. The van der Waals surface area contributed by atoms with Gasteiger partial charge in [0.2, 0.25) is 0 Å². The van der Waals surface area contributed by atoms with Gasteiger partial charge in [0, 0.05) is 11.3 Å². The predicted molar refractivity (Wildman–Crippen MR) is 63.8 cm³/mol. The average molecular weight is 279 g/mol.